The van der Waals surface area contributed by atoms with Crippen molar-refractivity contribution in [2.75, 3.05) is 0 Å². The summed E-state index contributed by atoms with van der Waals surface area (Å²) in [6.07, 6.45) is -7.55. The minimum Gasteiger partial charge on any atom is -0.335 e. The number of amides is 2. The van der Waals surface area contributed by atoms with E-state index in [0.717, 1.165) is 25.0 Å². The Morgan fingerprint density at radius 3 is 2.03 bits per heavy atom. The number of nitrogens with one attached hydrogen (secondary N) is 2. The van der Waals surface area contributed by atoms with Crippen molar-refractivity contribution in [1.29, 1.82) is 0 Å². The quantitative estimate of drug-likeness (QED) is 0.300. The number of halogens is 8. The summed E-state index contributed by atoms with van der Waals surface area (Å²) in [6, 6.07) is 10.3. The molecule has 1 aliphatic rings. The lowest BCUT2D eigenvalue weighted by Gasteiger charge is -2.37. The van der Waals surface area contributed by atoms with Crippen LogP contribution in [0.1, 0.15) is 53.5 Å². The fraction of sp³-hybridized carbons (Fsp3) is 0.321. The van der Waals surface area contributed by atoms with E-state index in [2.05, 4.69) is 10.6 Å². The van der Waals surface area contributed by atoms with E-state index in [9.17, 15) is 39.9 Å². The second-order valence-electron chi connectivity index (χ2n) is 9.57. The molecule has 4 rings (SSSR count). The normalized spacial score (nSPS) is 16.1. The van der Waals surface area contributed by atoms with E-state index in [1.807, 2.05) is 0 Å². The molecule has 1 aliphatic carbocycles. The lowest BCUT2D eigenvalue weighted by molar-refractivity contribution is -0.140. The minimum atomic E-state index is -5.15. The molecule has 3 nitrogen and oxygen atoms in total. The predicted molar refractivity (Wildman–Crippen MR) is 128 cm³/mol. The third kappa shape index (κ3) is 6.51. The lowest BCUT2D eigenvalue weighted by Crippen LogP contribution is -2.54. The van der Waals surface area contributed by atoms with Gasteiger partial charge in [0.1, 0.15) is 11.6 Å². The molecule has 2 N–H and O–H groups in total. The molecule has 0 bridgehead atoms. The summed E-state index contributed by atoms with van der Waals surface area (Å²) >= 11 is 0. The average Bonchev–Trinajstić information content (AvgIpc) is 3.35. The van der Waals surface area contributed by atoms with E-state index in [-0.39, 0.29) is 24.1 Å². The van der Waals surface area contributed by atoms with Crippen molar-refractivity contribution in [2.24, 2.45) is 0 Å². The van der Waals surface area contributed by atoms with Crippen LogP contribution in [0.5, 0.6) is 0 Å². The second-order valence-corrected chi connectivity index (χ2v) is 9.57. The number of benzene rings is 3. The molecule has 208 valence electrons. The number of urea groups is 1. The molecule has 11 heteroatoms. The molecule has 1 atom stereocenters. The van der Waals surface area contributed by atoms with Crippen LogP contribution in [0.4, 0.5) is 39.9 Å². The molecule has 39 heavy (non-hydrogen) atoms. The summed E-state index contributed by atoms with van der Waals surface area (Å²) in [5.41, 5.74) is -5.65. The van der Waals surface area contributed by atoms with Gasteiger partial charge in [0.25, 0.3) is 0 Å². The zero-order valence-corrected chi connectivity index (χ0v) is 20.4. The Morgan fingerprint density at radius 2 is 1.41 bits per heavy atom. The SMILES string of the molecule is O=C(NC1CCCC1)N[C@@](Cc1ccccc1)(c1cc(F)cc(C(F)(F)F)c1)c1ccc(F)c(C(F)(F)F)c1. The highest BCUT2D eigenvalue weighted by atomic mass is 19.4. The van der Waals surface area contributed by atoms with Gasteiger partial charge in [-0.2, -0.15) is 26.3 Å². The Kier molecular flexibility index (Phi) is 7.90. The van der Waals surface area contributed by atoms with E-state index in [0.29, 0.717) is 36.6 Å². The first-order valence-electron chi connectivity index (χ1n) is 12.2. The van der Waals surface area contributed by atoms with Crippen LogP contribution in [-0.2, 0) is 24.3 Å². The highest BCUT2D eigenvalue weighted by molar-refractivity contribution is 5.76. The van der Waals surface area contributed by atoms with Gasteiger partial charge in [-0.15, -0.1) is 0 Å². The molecule has 0 unspecified atom stereocenters. The summed E-state index contributed by atoms with van der Waals surface area (Å²) < 4.78 is 111. The molecule has 0 aliphatic heterocycles. The molecule has 0 saturated heterocycles. The molecule has 0 spiro atoms. The average molecular weight is 556 g/mol. The Labute approximate surface area is 219 Å². The summed E-state index contributed by atoms with van der Waals surface area (Å²) in [5.74, 6) is -2.92. The van der Waals surface area contributed by atoms with E-state index >= 15 is 0 Å². The third-order valence-corrected chi connectivity index (χ3v) is 6.81. The fourth-order valence-electron chi connectivity index (χ4n) is 4.95. The van der Waals surface area contributed by atoms with Crippen LogP contribution in [0.25, 0.3) is 0 Å². The van der Waals surface area contributed by atoms with Gasteiger partial charge in [0.05, 0.1) is 16.7 Å². The standard InChI is InChI=1S/C28H24F8N2O/c29-21-13-19(12-20(14-21)27(31,32)33)26(16-17-6-2-1-3-7-17,38-25(39)37-22-8-4-5-9-22)18-10-11-24(30)23(15-18)28(34,35)36/h1-3,6-7,10-15,22H,4-5,8-9,16H2,(H2,37,38,39)/t26-/m1/s1. The van der Waals surface area contributed by atoms with Crippen molar-refractivity contribution in [3.05, 3.63) is 106 Å². The number of rotatable bonds is 6. The van der Waals surface area contributed by atoms with Crippen LogP contribution in [0.2, 0.25) is 0 Å². The smallest absolute Gasteiger partial charge is 0.335 e. The molecule has 0 heterocycles. The molecule has 3 aromatic rings. The number of hydrogen-bond donors (Lipinski definition) is 2. The molecular formula is C28H24F8N2O. The van der Waals surface area contributed by atoms with Crippen LogP contribution in [-0.4, -0.2) is 12.1 Å². The molecule has 0 radical (unpaired) electrons. The van der Waals surface area contributed by atoms with Crippen molar-refractivity contribution in [1.82, 2.24) is 10.6 Å². The van der Waals surface area contributed by atoms with Crippen LogP contribution >= 0.6 is 0 Å². The van der Waals surface area contributed by atoms with E-state index in [1.165, 1.54) is 0 Å². The van der Waals surface area contributed by atoms with Crippen molar-refractivity contribution in [3.8, 4) is 0 Å². The number of carbonyl (C=O) groups excluding carboxylic acids is 1. The lowest BCUT2D eigenvalue weighted by atomic mass is 9.77. The summed E-state index contributed by atoms with van der Waals surface area (Å²) in [6.45, 7) is 0. The first kappa shape index (κ1) is 28.4. The number of alkyl halides is 6. The first-order valence-corrected chi connectivity index (χ1v) is 12.2. The van der Waals surface area contributed by atoms with E-state index < -0.39 is 52.2 Å². The van der Waals surface area contributed by atoms with Crippen molar-refractivity contribution >= 4 is 6.03 Å². The Morgan fingerprint density at radius 1 is 0.769 bits per heavy atom. The Bertz CT molecular complexity index is 1320. The molecular weight excluding hydrogens is 532 g/mol. The van der Waals surface area contributed by atoms with Crippen molar-refractivity contribution in [3.63, 3.8) is 0 Å². The summed E-state index contributed by atoms with van der Waals surface area (Å²) in [7, 11) is 0. The summed E-state index contributed by atoms with van der Waals surface area (Å²) in [4.78, 5) is 13.2. The van der Waals surface area contributed by atoms with Gasteiger partial charge in [-0.3, -0.25) is 0 Å². The maximum absolute atomic E-state index is 14.7. The predicted octanol–water partition coefficient (Wildman–Crippen LogP) is 7.73. The van der Waals surface area contributed by atoms with Gasteiger partial charge in [-0.05, 0) is 59.9 Å². The largest absolute Gasteiger partial charge is 0.419 e. The summed E-state index contributed by atoms with van der Waals surface area (Å²) in [5, 5.41) is 5.28. The minimum absolute atomic E-state index is 0.251. The monoisotopic (exact) mass is 556 g/mol. The first-order chi connectivity index (χ1) is 18.3. The topological polar surface area (TPSA) is 41.1 Å². The van der Waals surface area contributed by atoms with Gasteiger partial charge in [0.15, 0.2) is 0 Å². The Balaban J connectivity index is 1.98. The van der Waals surface area contributed by atoms with Gasteiger partial charge in [0.2, 0.25) is 0 Å². The number of hydrogen-bond acceptors (Lipinski definition) is 1. The van der Waals surface area contributed by atoms with Gasteiger partial charge < -0.3 is 10.6 Å². The zero-order valence-electron chi connectivity index (χ0n) is 20.4. The maximum atomic E-state index is 14.7. The van der Waals surface area contributed by atoms with Crippen LogP contribution in [0.3, 0.4) is 0 Å². The van der Waals surface area contributed by atoms with Crippen LogP contribution in [0.15, 0.2) is 66.7 Å². The van der Waals surface area contributed by atoms with Crippen LogP contribution in [0, 0.1) is 11.6 Å². The zero-order chi connectivity index (χ0) is 28.4. The highest BCUT2D eigenvalue weighted by Crippen LogP contribution is 2.41. The van der Waals surface area contributed by atoms with Gasteiger partial charge in [-0.25, -0.2) is 13.6 Å². The highest BCUT2D eigenvalue weighted by Gasteiger charge is 2.42. The Hall–Kier alpha value is -3.63. The van der Waals surface area contributed by atoms with Gasteiger partial charge in [0, 0.05) is 12.5 Å². The molecule has 1 saturated carbocycles. The molecule has 3 aromatic carbocycles. The molecule has 2 amide bonds. The molecule has 0 aromatic heterocycles. The van der Waals surface area contributed by atoms with E-state index in [1.54, 1.807) is 30.3 Å². The maximum Gasteiger partial charge on any atom is 0.419 e. The molecule has 1 fully saturated rings. The van der Waals surface area contributed by atoms with Crippen molar-refractivity contribution in [2.45, 2.75) is 56.0 Å². The number of carbonyl (C=O) groups is 1. The van der Waals surface area contributed by atoms with Crippen LogP contribution < -0.4 is 10.6 Å². The van der Waals surface area contributed by atoms with Gasteiger partial charge >= 0.3 is 18.4 Å². The van der Waals surface area contributed by atoms with Gasteiger partial charge in [-0.1, -0.05) is 49.2 Å². The van der Waals surface area contributed by atoms with E-state index in [4.69, 9.17) is 0 Å². The fourth-order valence-corrected chi connectivity index (χ4v) is 4.95. The van der Waals surface area contributed by atoms with Crippen molar-refractivity contribution < 1.29 is 39.9 Å². The third-order valence-electron chi connectivity index (χ3n) is 6.81. The second kappa shape index (κ2) is 10.9.